The number of benzene rings is 1. The number of rotatable bonds is 5. The fraction of sp³-hybridized carbons (Fsp3) is 0.533. The van der Waals surface area contributed by atoms with Crippen molar-refractivity contribution >= 4 is 35.6 Å². The van der Waals surface area contributed by atoms with Crippen LogP contribution < -0.4 is 20.1 Å². The van der Waals surface area contributed by atoms with Gasteiger partial charge in [0.1, 0.15) is 0 Å². The Hall–Kier alpha value is -1.22. The molecule has 1 aliphatic heterocycles. The monoisotopic (exact) mass is 421 g/mol. The molecule has 1 saturated heterocycles. The van der Waals surface area contributed by atoms with E-state index in [0.717, 1.165) is 31.4 Å². The number of nitrogens with one attached hydrogen (secondary N) is 2. The van der Waals surface area contributed by atoms with Crippen LogP contribution in [-0.4, -0.2) is 47.0 Å². The summed E-state index contributed by atoms with van der Waals surface area (Å²) < 4.78 is 15.8. The zero-order chi connectivity index (χ0) is 15.3. The van der Waals surface area contributed by atoms with Crippen LogP contribution in [0.5, 0.6) is 11.5 Å². The molecule has 0 amide bonds. The second-order valence-electron chi connectivity index (χ2n) is 5.42. The Balaban J connectivity index is 0.00000242. The Bertz CT molecular complexity index is 519. The Morgan fingerprint density at radius 2 is 1.95 bits per heavy atom. The fourth-order valence-corrected chi connectivity index (χ4v) is 2.08. The van der Waals surface area contributed by atoms with Gasteiger partial charge in [0.05, 0.1) is 27.4 Å². The lowest BCUT2D eigenvalue weighted by atomic mass is 9.89. The van der Waals surface area contributed by atoms with E-state index in [0.29, 0.717) is 11.5 Å². The summed E-state index contributed by atoms with van der Waals surface area (Å²) in [6.07, 6.45) is 0. The molecule has 2 rings (SSSR count). The summed E-state index contributed by atoms with van der Waals surface area (Å²) in [6.45, 7) is 4.58. The van der Waals surface area contributed by atoms with E-state index in [-0.39, 0.29) is 29.4 Å². The van der Waals surface area contributed by atoms with Crippen LogP contribution in [0.25, 0.3) is 0 Å². The van der Waals surface area contributed by atoms with Gasteiger partial charge in [0, 0.05) is 30.8 Å². The maximum absolute atomic E-state index is 5.29. The van der Waals surface area contributed by atoms with Crippen molar-refractivity contribution in [1.82, 2.24) is 5.32 Å². The molecule has 1 aromatic carbocycles. The SMILES string of the molecule is CN=C(NCC1(C)COC1)Nc1ccc(OC)c(OC)c1.I. The first kappa shape index (κ1) is 18.8. The fourth-order valence-electron chi connectivity index (χ4n) is 2.08. The minimum Gasteiger partial charge on any atom is -0.493 e. The van der Waals surface area contributed by atoms with Gasteiger partial charge in [0.25, 0.3) is 0 Å². The maximum Gasteiger partial charge on any atom is 0.195 e. The molecule has 1 heterocycles. The van der Waals surface area contributed by atoms with E-state index in [1.165, 1.54) is 0 Å². The third-order valence-corrected chi connectivity index (χ3v) is 3.45. The molecule has 0 aliphatic carbocycles. The van der Waals surface area contributed by atoms with Crippen LogP contribution in [0.4, 0.5) is 5.69 Å². The van der Waals surface area contributed by atoms with Crippen molar-refractivity contribution in [3.05, 3.63) is 18.2 Å². The smallest absolute Gasteiger partial charge is 0.195 e. The third kappa shape index (κ3) is 4.64. The quantitative estimate of drug-likeness (QED) is 0.434. The topological polar surface area (TPSA) is 64.1 Å². The maximum atomic E-state index is 5.29. The van der Waals surface area contributed by atoms with Gasteiger partial charge in [-0.05, 0) is 12.1 Å². The zero-order valence-corrected chi connectivity index (χ0v) is 15.8. The molecule has 0 aromatic heterocycles. The van der Waals surface area contributed by atoms with Crippen molar-refractivity contribution in [2.45, 2.75) is 6.92 Å². The summed E-state index contributed by atoms with van der Waals surface area (Å²) in [6, 6.07) is 5.65. The number of ether oxygens (including phenoxy) is 3. The van der Waals surface area contributed by atoms with Gasteiger partial charge in [0.2, 0.25) is 0 Å². The molecule has 0 unspecified atom stereocenters. The summed E-state index contributed by atoms with van der Waals surface area (Å²) in [5.41, 5.74) is 1.07. The average molecular weight is 421 g/mol. The number of aliphatic imine (C=N–C) groups is 1. The van der Waals surface area contributed by atoms with Gasteiger partial charge in [-0.2, -0.15) is 0 Å². The molecule has 0 bridgehead atoms. The van der Waals surface area contributed by atoms with Crippen molar-refractivity contribution < 1.29 is 14.2 Å². The van der Waals surface area contributed by atoms with Gasteiger partial charge in [-0.15, -0.1) is 24.0 Å². The highest BCUT2D eigenvalue weighted by molar-refractivity contribution is 14.0. The molecule has 7 heteroatoms. The van der Waals surface area contributed by atoms with Crippen LogP contribution >= 0.6 is 24.0 Å². The van der Waals surface area contributed by atoms with Gasteiger partial charge >= 0.3 is 0 Å². The van der Waals surface area contributed by atoms with Crippen LogP contribution in [0.15, 0.2) is 23.2 Å². The third-order valence-electron chi connectivity index (χ3n) is 3.45. The summed E-state index contributed by atoms with van der Waals surface area (Å²) in [7, 11) is 4.98. The highest BCUT2D eigenvalue weighted by atomic mass is 127. The molecule has 2 N–H and O–H groups in total. The van der Waals surface area contributed by atoms with Crippen molar-refractivity contribution in [2.24, 2.45) is 10.4 Å². The van der Waals surface area contributed by atoms with Crippen molar-refractivity contribution in [3.63, 3.8) is 0 Å². The second-order valence-corrected chi connectivity index (χ2v) is 5.42. The van der Waals surface area contributed by atoms with Crippen LogP contribution in [0, 0.1) is 5.41 Å². The molecule has 0 saturated carbocycles. The summed E-state index contributed by atoms with van der Waals surface area (Å²) >= 11 is 0. The zero-order valence-electron chi connectivity index (χ0n) is 13.4. The number of methoxy groups -OCH3 is 2. The molecule has 1 aliphatic rings. The molecule has 1 aromatic rings. The van der Waals surface area contributed by atoms with E-state index >= 15 is 0 Å². The molecule has 22 heavy (non-hydrogen) atoms. The summed E-state index contributed by atoms with van der Waals surface area (Å²) in [5, 5.41) is 6.55. The van der Waals surface area contributed by atoms with Crippen LogP contribution in [-0.2, 0) is 4.74 Å². The molecule has 0 spiro atoms. The highest BCUT2D eigenvalue weighted by Crippen LogP contribution is 2.29. The number of hydrogen-bond donors (Lipinski definition) is 2. The van der Waals surface area contributed by atoms with Gasteiger partial charge in [0.15, 0.2) is 17.5 Å². The molecule has 1 fully saturated rings. The molecule has 0 atom stereocenters. The number of hydrogen-bond acceptors (Lipinski definition) is 4. The summed E-state index contributed by atoms with van der Waals surface area (Å²) in [5.74, 6) is 2.10. The van der Waals surface area contributed by atoms with E-state index < -0.39 is 0 Å². The Morgan fingerprint density at radius 3 is 2.45 bits per heavy atom. The van der Waals surface area contributed by atoms with E-state index in [2.05, 4.69) is 22.5 Å². The average Bonchev–Trinajstić information content (AvgIpc) is 2.49. The first-order valence-electron chi connectivity index (χ1n) is 6.88. The van der Waals surface area contributed by atoms with E-state index in [1.807, 2.05) is 18.2 Å². The number of nitrogens with zero attached hydrogens (tertiary/aromatic N) is 1. The van der Waals surface area contributed by atoms with Gasteiger partial charge < -0.3 is 24.8 Å². The minimum atomic E-state index is 0. The lowest BCUT2D eigenvalue weighted by Crippen LogP contribution is -2.49. The first-order valence-corrected chi connectivity index (χ1v) is 6.88. The number of guanidine groups is 1. The largest absolute Gasteiger partial charge is 0.493 e. The van der Waals surface area contributed by atoms with Crippen molar-refractivity contribution in [2.75, 3.05) is 46.3 Å². The predicted molar refractivity (Wildman–Crippen MR) is 98.9 cm³/mol. The normalized spacial score (nSPS) is 16.1. The minimum absolute atomic E-state index is 0. The van der Waals surface area contributed by atoms with E-state index in [4.69, 9.17) is 14.2 Å². The molecule has 124 valence electrons. The van der Waals surface area contributed by atoms with Crippen molar-refractivity contribution in [1.29, 1.82) is 0 Å². The molecule has 0 radical (unpaired) electrons. The number of anilines is 1. The van der Waals surface area contributed by atoms with Crippen molar-refractivity contribution in [3.8, 4) is 11.5 Å². The standard InChI is InChI=1S/C15H23N3O3.HI/c1-15(9-21-10-15)8-17-14(16-2)18-11-5-6-12(19-3)13(7-11)20-4;/h5-7H,8-10H2,1-4H3,(H2,16,17,18);1H. The predicted octanol–water partition coefficient (Wildman–Crippen LogP) is 2.35. The number of halogens is 1. The Kier molecular flexibility index (Phi) is 7.21. The molecular formula is C15H24IN3O3. The van der Waals surface area contributed by atoms with Gasteiger partial charge in [-0.1, -0.05) is 6.92 Å². The van der Waals surface area contributed by atoms with Crippen LogP contribution in [0.3, 0.4) is 0 Å². The van der Waals surface area contributed by atoms with Crippen LogP contribution in [0.1, 0.15) is 6.92 Å². The lowest BCUT2D eigenvalue weighted by molar-refractivity contribution is -0.0970. The van der Waals surface area contributed by atoms with Gasteiger partial charge in [-0.25, -0.2) is 0 Å². The van der Waals surface area contributed by atoms with E-state index in [1.54, 1.807) is 21.3 Å². The van der Waals surface area contributed by atoms with Gasteiger partial charge in [-0.3, -0.25) is 4.99 Å². The molecule has 6 nitrogen and oxygen atoms in total. The summed E-state index contributed by atoms with van der Waals surface area (Å²) in [4.78, 5) is 4.22. The Labute approximate surface area is 148 Å². The Morgan fingerprint density at radius 1 is 1.27 bits per heavy atom. The lowest BCUT2D eigenvalue weighted by Gasteiger charge is -2.38. The second kappa shape index (κ2) is 8.42. The molecular weight excluding hydrogens is 397 g/mol. The first-order chi connectivity index (χ1) is 10.1. The van der Waals surface area contributed by atoms with E-state index in [9.17, 15) is 0 Å². The highest BCUT2D eigenvalue weighted by Gasteiger charge is 2.33. The van der Waals surface area contributed by atoms with Crippen LogP contribution in [0.2, 0.25) is 0 Å².